The van der Waals surface area contributed by atoms with Crippen LogP contribution in [0.1, 0.15) is 52.9 Å². The highest BCUT2D eigenvalue weighted by atomic mass is 16.2. The number of rotatable bonds is 3. The highest BCUT2D eigenvalue weighted by Crippen LogP contribution is 2.40. The molecule has 6 heteroatoms. The van der Waals surface area contributed by atoms with Crippen molar-refractivity contribution in [3.63, 3.8) is 0 Å². The molecule has 1 aliphatic carbocycles. The van der Waals surface area contributed by atoms with E-state index in [9.17, 15) is 4.79 Å². The van der Waals surface area contributed by atoms with Crippen LogP contribution in [0.3, 0.4) is 0 Å². The molecule has 6 nitrogen and oxygen atoms in total. The summed E-state index contributed by atoms with van der Waals surface area (Å²) < 4.78 is 0.757. The Balaban J connectivity index is 0.000000730. The number of carbonyl (C=O) groups is 1. The van der Waals surface area contributed by atoms with Crippen molar-refractivity contribution < 1.29 is 9.39 Å². The fourth-order valence-corrected chi connectivity index (χ4v) is 5.14. The lowest BCUT2D eigenvalue weighted by Gasteiger charge is -2.52. The lowest BCUT2D eigenvalue weighted by molar-refractivity contribution is -0.963. The zero-order valence-corrected chi connectivity index (χ0v) is 16.6. The van der Waals surface area contributed by atoms with Crippen molar-refractivity contribution in [1.29, 1.82) is 5.26 Å². The van der Waals surface area contributed by atoms with E-state index in [1.807, 2.05) is 18.7 Å². The summed E-state index contributed by atoms with van der Waals surface area (Å²) in [5, 5.41) is 6.50. The molecule has 3 N–H and O–H groups in total. The summed E-state index contributed by atoms with van der Waals surface area (Å²) in [5.41, 5.74) is 10.1. The molecule has 2 bridgehead atoms. The number of amides is 1. The van der Waals surface area contributed by atoms with Crippen molar-refractivity contribution in [2.24, 2.45) is 17.6 Å². The first-order valence-electron chi connectivity index (χ1n) is 9.80. The minimum absolute atomic E-state index is 0.0426. The van der Waals surface area contributed by atoms with Crippen LogP contribution < -0.4 is 11.2 Å². The van der Waals surface area contributed by atoms with Gasteiger partial charge in [-0.3, -0.25) is 4.79 Å². The van der Waals surface area contributed by atoms with E-state index in [1.54, 1.807) is 0 Å². The Hall–Kier alpha value is -1.16. The van der Waals surface area contributed by atoms with E-state index < -0.39 is 0 Å². The Morgan fingerprint density at radius 1 is 1.32 bits per heavy atom. The van der Waals surface area contributed by atoms with Crippen LogP contribution in [0.15, 0.2) is 0 Å². The minimum atomic E-state index is -0.0426. The minimum Gasteiger partial charge on any atom is -0.341 e. The molecule has 1 amide bonds. The molecule has 1 saturated carbocycles. The number of likely N-dealkylation sites (tertiary alicyclic amines) is 2. The fourth-order valence-electron chi connectivity index (χ4n) is 5.14. The van der Waals surface area contributed by atoms with Crippen LogP contribution in [0, 0.1) is 23.7 Å². The molecule has 0 aromatic rings. The van der Waals surface area contributed by atoms with E-state index in [1.165, 1.54) is 6.42 Å². The highest BCUT2D eigenvalue weighted by molar-refractivity contribution is 5.78. The monoisotopic (exact) mass is 352 g/mol. The van der Waals surface area contributed by atoms with Crippen molar-refractivity contribution in [3.05, 3.63) is 0 Å². The van der Waals surface area contributed by atoms with E-state index in [4.69, 9.17) is 11.0 Å². The van der Waals surface area contributed by atoms with Gasteiger partial charge < -0.3 is 10.6 Å². The second kappa shape index (κ2) is 9.51. The number of hydrogen-bond donors (Lipinski definition) is 2. The van der Waals surface area contributed by atoms with Gasteiger partial charge in [-0.05, 0) is 38.0 Å². The molecular weight excluding hydrogens is 314 g/mol. The maximum absolute atomic E-state index is 12.2. The van der Waals surface area contributed by atoms with Crippen LogP contribution in [-0.4, -0.2) is 60.7 Å². The van der Waals surface area contributed by atoms with Crippen molar-refractivity contribution in [3.8, 4) is 6.57 Å². The highest BCUT2D eigenvalue weighted by Gasteiger charge is 2.49. The summed E-state index contributed by atoms with van der Waals surface area (Å²) in [7, 11) is 2.21. The molecule has 3 aliphatic rings. The van der Waals surface area contributed by atoms with Gasteiger partial charge in [-0.25, -0.2) is 9.85 Å². The number of nitrogens with one attached hydrogen (secondary N) is 1. The van der Waals surface area contributed by atoms with Crippen LogP contribution in [0.25, 0.3) is 0 Å². The number of fused-ring (bicyclic) bond motifs is 2. The molecule has 0 spiro atoms. The standard InChI is InChI=1S/C16H31N4O.C2H6.CHN/c1-13-7-14-9-16(17,8-13)12-20(2,11-14)18-10-15(21)19-5-3-4-6-19;2*1-2/h13-14,18H,3-12,17H2,1-2H3;1-2H3;1H/q+1;;. The Morgan fingerprint density at radius 2 is 1.92 bits per heavy atom. The molecule has 144 valence electrons. The van der Waals surface area contributed by atoms with Crippen molar-refractivity contribution in [2.75, 3.05) is 39.8 Å². The van der Waals surface area contributed by atoms with Crippen molar-refractivity contribution >= 4 is 5.91 Å². The molecule has 0 aromatic carbocycles. The van der Waals surface area contributed by atoms with E-state index in [2.05, 4.69) is 26.0 Å². The Kier molecular flexibility index (Phi) is 8.33. The molecule has 2 heterocycles. The maximum Gasteiger partial charge on any atom is 0.241 e. The average molecular weight is 353 g/mol. The summed E-state index contributed by atoms with van der Waals surface area (Å²) in [6.07, 6.45) is 5.88. The van der Waals surface area contributed by atoms with E-state index in [0.717, 1.165) is 62.4 Å². The summed E-state index contributed by atoms with van der Waals surface area (Å²) >= 11 is 0. The number of hydrogen-bond acceptors (Lipinski definition) is 4. The van der Waals surface area contributed by atoms with Gasteiger partial charge in [-0.2, -0.15) is 5.43 Å². The second-order valence-electron chi connectivity index (χ2n) is 8.14. The number of nitrogens with zero attached hydrogens (tertiary/aromatic N) is 3. The second-order valence-corrected chi connectivity index (χ2v) is 8.14. The smallest absolute Gasteiger partial charge is 0.241 e. The summed E-state index contributed by atoms with van der Waals surface area (Å²) in [6, 6.07) is 0. The molecule has 3 fully saturated rings. The average Bonchev–Trinajstić information content (AvgIpc) is 3.09. The third kappa shape index (κ3) is 5.95. The summed E-state index contributed by atoms with van der Waals surface area (Å²) in [4.78, 5) is 14.2. The number of likely N-dealkylation sites (N-methyl/N-ethyl adjacent to an activating group) is 1. The van der Waals surface area contributed by atoms with Gasteiger partial charge in [0.25, 0.3) is 0 Å². The van der Waals surface area contributed by atoms with E-state index >= 15 is 0 Å². The van der Waals surface area contributed by atoms with Crippen LogP contribution in [0.2, 0.25) is 0 Å². The molecule has 2 aliphatic heterocycles. The fraction of sp³-hybridized carbons (Fsp3) is 0.895. The Labute approximate surface area is 153 Å². The molecule has 25 heavy (non-hydrogen) atoms. The number of quaternary nitrogens is 1. The van der Waals surface area contributed by atoms with Gasteiger partial charge in [0.2, 0.25) is 5.91 Å². The SMILES string of the molecule is C#N.CC.CC1CC2CC(N)(C1)C[N+](C)(NCC(=O)N1CCCC1)C2. The molecule has 4 atom stereocenters. The zero-order valence-electron chi connectivity index (χ0n) is 16.6. The van der Waals surface area contributed by atoms with Gasteiger partial charge >= 0.3 is 0 Å². The van der Waals surface area contributed by atoms with Crippen molar-refractivity contribution in [1.82, 2.24) is 10.3 Å². The lowest BCUT2D eigenvalue weighted by Crippen LogP contribution is -2.71. The number of carbonyl (C=O) groups excluding carboxylic acids is 1. The van der Waals surface area contributed by atoms with Crippen LogP contribution in [0.5, 0.6) is 0 Å². The normalized spacial score (nSPS) is 36.5. The Bertz CT molecular complexity index is 444. The molecule has 0 radical (unpaired) electrons. The van der Waals surface area contributed by atoms with Gasteiger partial charge in [0, 0.05) is 25.6 Å². The topological polar surface area (TPSA) is 82.1 Å². The lowest BCUT2D eigenvalue weighted by atomic mass is 9.68. The van der Waals surface area contributed by atoms with Crippen LogP contribution in [-0.2, 0) is 4.79 Å². The van der Waals surface area contributed by atoms with Gasteiger partial charge in [-0.15, -0.1) is 0 Å². The van der Waals surface area contributed by atoms with Gasteiger partial charge in [0.05, 0.1) is 19.1 Å². The third-order valence-electron chi connectivity index (χ3n) is 5.58. The number of nitrogens with two attached hydrogens (primary N) is 1. The predicted octanol–water partition coefficient (Wildman–Crippen LogP) is 1.87. The maximum atomic E-state index is 12.2. The molecular formula is C19H38N5O+. The van der Waals surface area contributed by atoms with E-state index in [-0.39, 0.29) is 11.4 Å². The Morgan fingerprint density at radius 3 is 2.48 bits per heavy atom. The van der Waals surface area contributed by atoms with Crippen molar-refractivity contribution in [2.45, 2.75) is 58.4 Å². The zero-order chi connectivity index (χ0) is 19.1. The third-order valence-corrected chi connectivity index (χ3v) is 5.58. The largest absolute Gasteiger partial charge is 0.341 e. The van der Waals surface area contributed by atoms with Gasteiger partial charge in [0.15, 0.2) is 0 Å². The first-order chi connectivity index (χ1) is 11.9. The van der Waals surface area contributed by atoms with Crippen LogP contribution >= 0.6 is 0 Å². The molecule has 0 aromatic heterocycles. The number of nitriles is 1. The quantitative estimate of drug-likeness (QED) is 0.760. The molecule has 2 saturated heterocycles. The number of piperidine rings is 1. The van der Waals surface area contributed by atoms with Gasteiger partial charge in [0.1, 0.15) is 13.1 Å². The molecule has 3 rings (SSSR count). The van der Waals surface area contributed by atoms with Crippen LogP contribution in [0.4, 0.5) is 0 Å². The first kappa shape index (κ1) is 21.9. The summed E-state index contributed by atoms with van der Waals surface area (Å²) in [5.74, 6) is 1.70. The molecule has 4 unspecified atom stereocenters. The van der Waals surface area contributed by atoms with Gasteiger partial charge in [-0.1, -0.05) is 20.8 Å². The predicted molar refractivity (Wildman–Crippen MR) is 101 cm³/mol. The first-order valence-corrected chi connectivity index (χ1v) is 9.80. The van der Waals surface area contributed by atoms with E-state index in [0.29, 0.717) is 12.5 Å². The summed E-state index contributed by atoms with van der Waals surface area (Å²) in [6.45, 7) is 14.2.